The van der Waals surface area contributed by atoms with Crippen LogP contribution in [0.15, 0.2) is 59.6 Å². The molecule has 1 aromatic carbocycles. The summed E-state index contributed by atoms with van der Waals surface area (Å²) in [7, 11) is 0. The third-order valence-corrected chi connectivity index (χ3v) is 4.84. The lowest BCUT2D eigenvalue weighted by Crippen LogP contribution is -2.36. The molecule has 1 aliphatic heterocycles. The van der Waals surface area contributed by atoms with Crippen LogP contribution in [0.3, 0.4) is 0 Å². The van der Waals surface area contributed by atoms with Crippen LogP contribution in [-0.2, 0) is 19.6 Å². The Hall–Kier alpha value is -1.91. The molecule has 3 heterocycles. The van der Waals surface area contributed by atoms with E-state index in [0.717, 1.165) is 25.5 Å². The highest BCUT2D eigenvalue weighted by atomic mass is 32.1. The lowest BCUT2D eigenvalue weighted by atomic mass is 10.0. The molecule has 0 fully saturated rings. The first-order valence-electron chi connectivity index (χ1n) is 7.20. The number of imidazole rings is 1. The van der Waals surface area contributed by atoms with Crippen molar-refractivity contribution in [3.8, 4) is 0 Å². The molecular formula is C17H17N3S. The van der Waals surface area contributed by atoms with Crippen molar-refractivity contribution in [3.05, 3.63) is 76.5 Å². The van der Waals surface area contributed by atoms with Gasteiger partial charge < -0.3 is 4.57 Å². The van der Waals surface area contributed by atoms with Gasteiger partial charge in [0, 0.05) is 25.5 Å². The largest absolute Gasteiger partial charge is 0.332 e. The molecular weight excluding hydrogens is 278 g/mol. The Bertz CT molecular complexity index is 703. The Morgan fingerprint density at radius 3 is 2.90 bits per heavy atom. The van der Waals surface area contributed by atoms with Crippen molar-refractivity contribution in [3.63, 3.8) is 0 Å². The molecule has 1 atom stereocenters. The van der Waals surface area contributed by atoms with Crippen LogP contribution >= 0.6 is 11.3 Å². The summed E-state index contributed by atoms with van der Waals surface area (Å²) in [6.45, 7) is 2.86. The minimum absolute atomic E-state index is 0.410. The fraction of sp³-hybridized carbons (Fsp3) is 0.235. The number of hydrogen-bond acceptors (Lipinski definition) is 3. The van der Waals surface area contributed by atoms with Crippen molar-refractivity contribution in [1.82, 2.24) is 14.5 Å². The van der Waals surface area contributed by atoms with Gasteiger partial charge in [0.1, 0.15) is 5.82 Å². The summed E-state index contributed by atoms with van der Waals surface area (Å²) in [5.74, 6) is 1.16. The summed E-state index contributed by atoms with van der Waals surface area (Å²) in [4.78, 5) is 7.02. The number of fused-ring (bicyclic) bond motifs is 1. The molecule has 0 N–H and O–H groups in total. The zero-order valence-corrected chi connectivity index (χ0v) is 12.5. The molecule has 0 bridgehead atoms. The highest BCUT2D eigenvalue weighted by Crippen LogP contribution is 2.30. The molecule has 21 heavy (non-hydrogen) atoms. The van der Waals surface area contributed by atoms with E-state index in [1.165, 1.54) is 11.1 Å². The van der Waals surface area contributed by atoms with E-state index in [1.807, 2.05) is 6.20 Å². The minimum Gasteiger partial charge on any atom is -0.332 e. The monoisotopic (exact) mass is 295 g/mol. The summed E-state index contributed by atoms with van der Waals surface area (Å²) in [5, 5.41) is 4.39. The van der Waals surface area contributed by atoms with E-state index < -0.39 is 0 Å². The van der Waals surface area contributed by atoms with Crippen LogP contribution in [0.1, 0.15) is 23.0 Å². The Morgan fingerprint density at radius 1 is 1.19 bits per heavy atom. The maximum Gasteiger partial charge on any atom is 0.122 e. The average molecular weight is 295 g/mol. The molecule has 0 spiro atoms. The second-order valence-corrected chi connectivity index (χ2v) is 6.24. The van der Waals surface area contributed by atoms with Crippen molar-refractivity contribution in [2.24, 2.45) is 0 Å². The number of hydrogen-bond donors (Lipinski definition) is 0. The minimum atomic E-state index is 0.410. The van der Waals surface area contributed by atoms with Gasteiger partial charge in [-0.05, 0) is 28.0 Å². The van der Waals surface area contributed by atoms with E-state index in [9.17, 15) is 0 Å². The Labute approximate surface area is 128 Å². The molecule has 3 nitrogen and oxygen atoms in total. The van der Waals surface area contributed by atoms with Crippen LogP contribution < -0.4 is 0 Å². The van der Waals surface area contributed by atoms with Gasteiger partial charge in [0.05, 0.1) is 12.6 Å². The third-order valence-electron chi connectivity index (χ3n) is 4.11. The highest BCUT2D eigenvalue weighted by molar-refractivity contribution is 7.07. The number of aromatic nitrogens is 2. The SMILES string of the molecule is c1ccc([C@@H]2Cn3ccnc3CN2Cc2ccsc2)cc1. The number of nitrogens with zero attached hydrogens (tertiary/aromatic N) is 3. The summed E-state index contributed by atoms with van der Waals surface area (Å²) >= 11 is 1.76. The first-order chi connectivity index (χ1) is 10.4. The first kappa shape index (κ1) is 12.8. The molecule has 106 valence electrons. The molecule has 0 saturated heterocycles. The lowest BCUT2D eigenvalue weighted by molar-refractivity contribution is 0.128. The van der Waals surface area contributed by atoms with Crippen molar-refractivity contribution in [2.75, 3.05) is 0 Å². The van der Waals surface area contributed by atoms with Gasteiger partial charge >= 0.3 is 0 Å². The Morgan fingerprint density at radius 2 is 2.10 bits per heavy atom. The Balaban J connectivity index is 1.67. The van der Waals surface area contributed by atoms with Crippen LogP contribution in [0, 0.1) is 0 Å². The van der Waals surface area contributed by atoms with Gasteiger partial charge in [-0.15, -0.1) is 0 Å². The third kappa shape index (κ3) is 2.52. The van der Waals surface area contributed by atoms with E-state index in [2.05, 4.69) is 67.8 Å². The highest BCUT2D eigenvalue weighted by Gasteiger charge is 2.27. The van der Waals surface area contributed by atoms with E-state index in [-0.39, 0.29) is 0 Å². The van der Waals surface area contributed by atoms with Gasteiger partial charge in [-0.1, -0.05) is 30.3 Å². The molecule has 1 aliphatic rings. The maximum absolute atomic E-state index is 4.49. The quantitative estimate of drug-likeness (QED) is 0.734. The number of benzene rings is 1. The van der Waals surface area contributed by atoms with Crippen molar-refractivity contribution >= 4 is 11.3 Å². The first-order valence-corrected chi connectivity index (χ1v) is 8.14. The molecule has 0 unspecified atom stereocenters. The second-order valence-electron chi connectivity index (χ2n) is 5.46. The molecule has 2 aromatic heterocycles. The van der Waals surface area contributed by atoms with E-state index in [0.29, 0.717) is 6.04 Å². The molecule has 4 rings (SSSR count). The fourth-order valence-electron chi connectivity index (χ4n) is 3.03. The van der Waals surface area contributed by atoms with E-state index >= 15 is 0 Å². The van der Waals surface area contributed by atoms with Gasteiger partial charge in [0.15, 0.2) is 0 Å². The molecule has 0 amide bonds. The van der Waals surface area contributed by atoms with Crippen molar-refractivity contribution in [1.29, 1.82) is 0 Å². The maximum atomic E-state index is 4.49. The summed E-state index contributed by atoms with van der Waals surface area (Å²) in [6, 6.07) is 13.4. The average Bonchev–Trinajstić information content (AvgIpc) is 3.18. The molecule has 0 aliphatic carbocycles. The van der Waals surface area contributed by atoms with Crippen molar-refractivity contribution in [2.45, 2.75) is 25.7 Å². The van der Waals surface area contributed by atoms with Gasteiger partial charge in [-0.3, -0.25) is 4.90 Å². The van der Waals surface area contributed by atoms with Gasteiger partial charge in [-0.2, -0.15) is 11.3 Å². The molecule has 3 aromatic rings. The van der Waals surface area contributed by atoms with Crippen molar-refractivity contribution < 1.29 is 0 Å². The Kier molecular flexibility index (Phi) is 3.33. The van der Waals surface area contributed by atoms with Crippen LogP contribution in [0.2, 0.25) is 0 Å². The second kappa shape index (κ2) is 5.47. The molecule has 0 radical (unpaired) electrons. The summed E-state index contributed by atoms with van der Waals surface area (Å²) < 4.78 is 2.28. The zero-order valence-electron chi connectivity index (χ0n) is 11.7. The molecule has 4 heteroatoms. The van der Waals surface area contributed by atoms with Crippen LogP contribution in [0.25, 0.3) is 0 Å². The van der Waals surface area contributed by atoms with E-state index in [4.69, 9.17) is 0 Å². The van der Waals surface area contributed by atoms with Gasteiger partial charge in [-0.25, -0.2) is 4.98 Å². The number of rotatable bonds is 3. The van der Waals surface area contributed by atoms with E-state index in [1.54, 1.807) is 11.3 Å². The van der Waals surface area contributed by atoms with Crippen LogP contribution in [0.5, 0.6) is 0 Å². The topological polar surface area (TPSA) is 21.1 Å². The summed E-state index contributed by atoms with van der Waals surface area (Å²) in [5.41, 5.74) is 2.77. The van der Waals surface area contributed by atoms with Crippen LogP contribution in [0.4, 0.5) is 0 Å². The zero-order chi connectivity index (χ0) is 14.1. The van der Waals surface area contributed by atoms with Crippen LogP contribution in [-0.4, -0.2) is 14.5 Å². The van der Waals surface area contributed by atoms with Gasteiger partial charge in [0.25, 0.3) is 0 Å². The number of thiophene rings is 1. The fourth-order valence-corrected chi connectivity index (χ4v) is 3.69. The predicted molar refractivity (Wildman–Crippen MR) is 85.0 cm³/mol. The normalized spacial score (nSPS) is 18.6. The van der Waals surface area contributed by atoms with Gasteiger partial charge in [0.2, 0.25) is 0 Å². The predicted octanol–water partition coefficient (Wildman–Crippen LogP) is 3.70. The standard InChI is InChI=1S/C17H17N3S/c1-2-4-15(5-3-1)16-11-19-8-7-18-17(19)12-20(16)10-14-6-9-21-13-14/h1-9,13,16H,10-12H2/t16-/m0/s1. The molecule has 0 saturated carbocycles. The summed E-state index contributed by atoms with van der Waals surface area (Å²) in [6.07, 6.45) is 4.00. The smallest absolute Gasteiger partial charge is 0.122 e. The lowest BCUT2D eigenvalue weighted by Gasteiger charge is -2.36.